The molecule has 2 atom stereocenters. The summed E-state index contributed by atoms with van der Waals surface area (Å²) in [6.45, 7) is 10.2. The summed E-state index contributed by atoms with van der Waals surface area (Å²) in [5, 5.41) is 3.79. The lowest BCUT2D eigenvalue weighted by Gasteiger charge is -2.29. The lowest BCUT2D eigenvalue weighted by molar-refractivity contribution is -0.642. The van der Waals surface area contributed by atoms with Crippen LogP contribution < -0.4 is 14.9 Å². The molecule has 0 radical (unpaired) electrons. The number of carbonyl (C=O) groups excluding carboxylic acids is 2. The van der Waals surface area contributed by atoms with Crippen LogP contribution >= 0.6 is 23.2 Å². The molecule has 2 amide bonds. The number of aryl methyl sites for hydroxylation is 1. The van der Waals surface area contributed by atoms with Crippen LogP contribution in [0.5, 0.6) is 0 Å². The zero-order valence-electron chi connectivity index (χ0n) is 32.8. The van der Waals surface area contributed by atoms with Crippen LogP contribution in [0, 0.1) is 6.92 Å². The van der Waals surface area contributed by atoms with E-state index in [4.69, 9.17) is 33.2 Å². The molecular formula is C42H55Cl2N6O4S+. The molecule has 0 aromatic heterocycles. The Hall–Kier alpha value is -3.61. The van der Waals surface area contributed by atoms with Gasteiger partial charge in [0, 0.05) is 43.2 Å². The van der Waals surface area contributed by atoms with E-state index >= 15 is 0 Å². The number of likely N-dealkylation sites (N-methyl/N-ethyl adjacent to an activating group) is 1. The first-order chi connectivity index (χ1) is 26.3. The van der Waals surface area contributed by atoms with Crippen molar-refractivity contribution < 1.29 is 22.5 Å². The van der Waals surface area contributed by atoms with Gasteiger partial charge in [-0.15, -0.1) is 0 Å². The van der Waals surface area contributed by atoms with Gasteiger partial charge < -0.3 is 10.2 Å². The molecule has 10 nitrogen and oxygen atoms in total. The SMILES string of the molecule is CCCCCCCCCCC1(CC)C[N+]12C(=O)c1cc(Cl)ccc1N=C2C(=Nc1ccc(N(CC)CCNS(C)(=O)=O)cc1C)C(=O)Nc1ccccc1Cl. The molecule has 2 N–H and O–H groups in total. The van der Waals surface area contributed by atoms with E-state index in [1.807, 2.05) is 32.0 Å². The molecule has 0 saturated carbocycles. The number of nitrogens with one attached hydrogen (secondary N) is 2. The normalized spacial score (nSPS) is 19.3. The Bertz CT molecular complexity index is 2050. The maximum atomic E-state index is 14.9. The summed E-state index contributed by atoms with van der Waals surface area (Å²) in [6.07, 6.45) is 12.1. The average molecular weight is 811 g/mol. The third-order valence-corrected chi connectivity index (χ3v) is 12.3. The molecule has 0 aliphatic carbocycles. The number of fused-ring (bicyclic) bond motifs is 1. The van der Waals surface area contributed by atoms with Crippen molar-refractivity contribution in [1.82, 2.24) is 4.72 Å². The summed E-state index contributed by atoms with van der Waals surface area (Å²) in [5.74, 6) is -0.337. The smallest absolute Gasteiger partial charge is 0.355 e. The standard InChI is InChI=1S/C42H54Cl2N6O4S/c1-6-9-10-11-12-13-14-17-24-42(7-2)29-50(42)39(47-36-22-20-31(43)28-33(36)41(50)52)38(40(51)48-37-19-16-15-18-34(37)44)46-35-23-21-32(27-30(35)4)49(8-3)26-25-45-55(5,53)54/h15-16,18-23,27-28,45H,6-14,17,24-26,29H2,1-5H3/p+1. The van der Waals surface area contributed by atoms with E-state index in [0.29, 0.717) is 58.1 Å². The summed E-state index contributed by atoms with van der Waals surface area (Å²) in [4.78, 5) is 41.8. The maximum Gasteiger partial charge on any atom is 0.355 e. The zero-order valence-corrected chi connectivity index (χ0v) is 35.1. The maximum absolute atomic E-state index is 14.9. The minimum absolute atomic E-state index is 0.0423. The molecule has 0 bridgehead atoms. The van der Waals surface area contributed by atoms with Crippen molar-refractivity contribution in [2.24, 2.45) is 9.98 Å². The van der Waals surface area contributed by atoms with E-state index in [1.165, 1.54) is 32.1 Å². The number of amides is 2. The molecule has 1 spiro atoms. The van der Waals surface area contributed by atoms with Crippen molar-refractivity contribution >= 4 is 79.3 Å². The minimum atomic E-state index is -3.32. The summed E-state index contributed by atoms with van der Waals surface area (Å²) in [6, 6.07) is 17.8. The van der Waals surface area contributed by atoms with E-state index in [-0.39, 0.29) is 22.6 Å². The first kappa shape index (κ1) is 42.5. The fraction of sp³-hybridized carbons (Fsp3) is 0.476. The van der Waals surface area contributed by atoms with Gasteiger partial charge in [-0.05, 0) is 74.4 Å². The number of unbranched alkanes of at least 4 members (excludes halogenated alkanes) is 7. The molecular weight excluding hydrogens is 755 g/mol. The van der Waals surface area contributed by atoms with Crippen molar-refractivity contribution in [3.8, 4) is 0 Å². The Kier molecular flexibility index (Phi) is 14.3. The third-order valence-electron chi connectivity index (χ3n) is 11.0. The highest BCUT2D eigenvalue weighted by Gasteiger charge is 2.77. The zero-order chi connectivity index (χ0) is 39.8. The number of nitrogens with zero attached hydrogens (tertiary/aromatic N) is 4. The molecule has 2 aliphatic heterocycles. The number of benzene rings is 3. The van der Waals surface area contributed by atoms with E-state index in [0.717, 1.165) is 49.6 Å². The summed E-state index contributed by atoms with van der Waals surface area (Å²) < 4.78 is 25.8. The van der Waals surface area contributed by atoms with Crippen LogP contribution in [0.15, 0.2) is 70.6 Å². The van der Waals surface area contributed by atoms with Gasteiger partial charge in [0.25, 0.3) is 11.7 Å². The number of rotatable bonds is 20. The van der Waals surface area contributed by atoms with Crippen molar-refractivity contribution in [2.45, 2.75) is 97.4 Å². The Morgan fingerprint density at radius 3 is 2.33 bits per heavy atom. The highest BCUT2D eigenvalue weighted by molar-refractivity contribution is 7.88. The van der Waals surface area contributed by atoms with Crippen LogP contribution in [0.1, 0.15) is 101 Å². The number of amidine groups is 1. The second-order valence-corrected chi connectivity index (χ2v) is 17.5. The number of hydrogen-bond acceptors (Lipinski definition) is 7. The molecule has 55 heavy (non-hydrogen) atoms. The van der Waals surface area contributed by atoms with E-state index < -0.39 is 21.5 Å². The third kappa shape index (κ3) is 9.86. The van der Waals surface area contributed by atoms with E-state index in [9.17, 15) is 18.0 Å². The number of aliphatic imine (C=N–C) groups is 2. The Balaban J connectivity index is 1.56. The quantitative estimate of drug-likeness (QED) is 0.0510. The molecule has 2 heterocycles. The Morgan fingerprint density at radius 1 is 0.964 bits per heavy atom. The Morgan fingerprint density at radius 2 is 1.67 bits per heavy atom. The van der Waals surface area contributed by atoms with Gasteiger partial charge >= 0.3 is 5.91 Å². The van der Waals surface area contributed by atoms with Crippen LogP contribution in [0.2, 0.25) is 10.0 Å². The molecule has 5 rings (SSSR count). The number of para-hydroxylation sites is 1. The van der Waals surface area contributed by atoms with E-state index in [1.54, 1.807) is 42.5 Å². The molecule has 1 saturated heterocycles. The molecule has 1 fully saturated rings. The molecule has 3 aromatic rings. The first-order valence-electron chi connectivity index (χ1n) is 19.6. The molecule has 296 valence electrons. The number of carbonyl (C=O) groups is 2. The minimum Gasteiger partial charge on any atom is -0.370 e. The summed E-state index contributed by atoms with van der Waals surface area (Å²) in [7, 11) is -3.32. The van der Waals surface area contributed by atoms with Crippen LogP contribution in [-0.2, 0) is 14.8 Å². The summed E-state index contributed by atoms with van der Waals surface area (Å²) >= 11 is 13.0. The van der Waals surface area contributed by atoms with Gasteiger partial charge in [-0.1, -0.05) is 94.1 Å². The average Bonchev–Trinajstić information content (AvgIpc) is 3.82. The van der Waals surface area contributed by atoms with Gasteiger partial charge in [0.15, 0.2) is 5.54 Å². The predicted octanol–water partition coefficient (Wildman–Crippen LogP) is 9.78. The predicted molar refractivity (Wildman–Crippen MR) is 227 cm³/mol. The molecule has 2 unspecified atom stereocenters. The second-order valence-electron chi connectivity index (χ2n) is 14.8. The second kappa shape index (κ2) is 18.6. The van der Waals surface area contributed by atoms with Crippen molar-refractivity contribution in [1.29, 1.82) is 0 Å². The van der Waals surface area contributed by atoms with Crippen molar-refractivity contribution in [3.05, 3.63) is 81.8 Å². The molecule has 2 aliphatic rings. The molecule has 13 heteroatoms. The van der Waals surface area contributed by atoms with Crippen LogP contribution in [-0.4, -0.2) is 74.2 Å². The fourth-order valence-electron chi connectivity index (χ4n) is 7.79. The summed E-state index contributed by atoms with van der Waals surface area (Å²) in [5.41, 5.74) is 3.12. The number of quaternary nitrogens is 1. The number of halogens is 2. The highest BCUT2D eigenvalue weighted by atomic mass is 35.5. The monoisotopic (exact) mass is 809 g/mol. The lowest BCUT2D eigenvalue weighted by atomic mass is 9.95. The first-order valence-corrected chi connectivity index (χ1v) is 22.2. The largest absolute Gasteiger partial charge is 0.370 e. The van der Waals surface area contributed by atoms with Gasteiger partial charge in [-0.2, -0.15) is 9.48 Å². The van der Waals surface area contributed by atoms with Crippen molar-refractivity contribution in [3.63, 3.8) is 0 Å². The highest BCUT2D eigenvalue weighted by Crippen LogP contribution is 2.54. The van der Waals surface area contributed by atoms with Crippen LogP contribution in [0.25, 0.3) is 0 Å². The van der Waals surface area contributed by atoms with Gasteiger partial charge in [-0.3, -0.25) is 4.79 Å². The van der Waals surface area contributed by atoms with Crippen LogP contribution in [0.4, 0.5) is 22.7 Å². The fourth-order valence-corrected chi connectivity index (χ4v) is 8.60. The van der Waals surface area contributed by atoms with Gasteiger partial charge in [0.2, 0.25) is 15.7 Å². The van der Waals surface area contributed by atoms with Crippen LogP contribution in [0.3, 0.4) is 0 Å². The van der Waals surface area contributed by atoms with E-state index in [2.05, 4.69) is 28.8 Å². The van der Waals surface area contributed by atoms with Gasteiger partial charge in [-0.25, -0.2) is 22.9 Å². The lowest BCUT2D eigenvalue weighted by Crippen LogP contribution is -2.53. The molecule has 3 aromatic carbocycles. The van der Waals surface area contributed by atoms with Gasteiger partial charge in [0.1, 0.15) is 12.1 Å². The number of anilines is 2. The number of hydrogen-bond donors (Lipinski definition) is 2. The number of sulfonamides is 1. The Labute approximate surface area is 337 Å². The topological polar surface area (TPSA) is 120 Å². The van der Waals surface area contributed by atoms with Gasteiger partial charge in [0.05, 0.1) is 28.3 Å². The van der Waals surface area contributed by atoms with Crippen molar-refractivity contribution in [2.75, 3.05) is 42.7 Å².